The van der Waals surface area contributed by atoms with E-state index in [0.717, 1.165) is 96.3 Å². The molecule has 1 aromatic rings. The third-order valence-corrected chi connectivity index (χ3v) is 14.0. The largest absolute Gasteiger partial charge is 0.481 e. The predicted octanol–water partition coefficient (Wildman–Crippen LogP) is 10.7. The van der Waals surface area contributed by atoms with Crippen molar-refractivity contribution in [2.45, 2.75) is 282 Å². The van der Waals surface area contributed by atoms with Gasteiger partial charge in [-0.2, -0.15) is 0 Å². The number of benzene rings is 1. The molecule has 444 valence electrons. The van der Waals surface area contributed by atoms with Crippen LogP contribution in [0.25, 0.3) is 0 Å². The van der Waals surface area contributed by atoms with Crippen molar-refractivity contribution in [3.8, 4) is 0 Å². The molecule has 0 unspecified atom stereocenters. The number of aliphatic hydroxyl groups excluding tert-OH is 1. The molecule has 6 atom stereocenters. The number of aliphatic carboxylic acids is 3. The Morgan fingerprint density at radius 1 is 0.564 bits per heavy atom. The maximum atomic E-state index is 13.8. The summed E-state index contributed by atoms with van der Waals surface area (Å²) in [6.45, 7) is 5.68. The molecular weight excluding hydrogens is 1010 g/mol. The van der Waals surface area contributed by atoms with E-state index in [1.165, 1.54) is 88.5 Å². The van der Waals surface area contributed by atoms with Gasteiger partial charge in [0.15, 0.2) is 12.4 Å². The lowest BCUT2D eigenvalue weighted by atomic mass is 9.95. The molecule has 0 spiro atoms. The van der Waals surface area contributed by atoms with Crippen LogP contribution in [0.3, 0.4) is 0 Å². The fourth-order valence-electron chi connectivity index (χ4n) is 9.40. The highest BCUT2D eigenvalue weighted by atomic mass is 16.7. The second-order valence-corrected chi connectivity index (χ2v) is 21.0. The molecule has 0 radical (unpaired) electrons. The van der Waals surface area contributed by atoms with Crippen molar-refractivity contribution in [3.63, 3.8) is 0 Å². The number of carboxylic acids is 3. The van der Waals surface area contributed by atoms with E-state index in [9.17, 15) is 58.8 Å². The minimum Gasteiger partial charge on any atom is -0.481 e. The summed E-state index contributed by atoms with van der Waals surface area (Å²) < 4.78 is 23.6. The van der Waals surface area contributed by atoms with Gasteiger partial charge in [-0.1, -0.05) is 175 Å². The molecule has 1 aliphatic rings. The van der Waals surface area contributed by atoms with Crippen molar-refractivity contribution < 1.29 is 77.7 Å². The van der Waals surface area contributed by atoms with Crippen molar-refractivity contribution in [2.75, 3.05) is 11.9 Å². The summed E-state index contributed by atoms with van der Waals surface area (Å²) in [5, 5.41) is 48.9. The molecule has 1 aromatic carbocycles. The number of hydrogen-bond donors (Lipinski definition) is 7. The maximum Gasteiger partial charge on any atom is 0.328 e. The van der Waals surface area contributed by atoms with Gasteiger partial charge in [0.25, 0.3) is 5.91 Å². The molecule has 0 saturated carbocycles. The SMILES string of the molecule is CCCCCCCCCCCCCC(=O)N[C@H]1[C@@H](OC(CC(=O)O)CC(=O)O)O[C@H](COC(=O)[C@@H](CCC(=O)O)NC(=O)c2ccc(NC(=O)CCCCCCC)cc2)[C@@H](O)[C@@H]1OC(=O)CCCCCCCCCCCCC. The summed E-state index contributed by atoms with van der Waals surface area (Å²) in [5.74, 6) is -7.40. The van der Waals surface area contributed by atoms with Gasteiger partial charge in [0, 0.05) is 36.9 Å². The summed E-state index contributed by atoms with van der Waals surface area (Å²) in [4.78, 5) is 103. The fraction of sp³-hybridized carbons (Fsp3) is 0.763. The van der Waals surface area contributed by atoms with Gasteiger partial charge in [-0.15, -0.1) is 0 Å². The van der Waals surface area contributed by atoms with Gasteiger partial charge in [0.1, 0.15) is 30.9 Å². The normalized spacial score (nSPS) is 17.5. The Kier molecular flexibility index (Phi) is 37.8. The number of aliphatic hydroxyl groups is 1. The van der Waals surface area contributed by atoms with E-state index in [1.54, 1.807) is 0 Å². The quantitative estimate of drug-likeness (QED) is 0.0236. The van der Waals surface area contributed by atoms with Crippen LogP contribution in [0.15, 0.2) is 24.3 Å². The summed E-state index contributed by atoms with van der Waals surface area (Å²) in [6, 6.07) is 2.85. The minimum atomic E-state index is -1.82. The van der Waals surface area contributed by atoms with E-state index in [0.29, 0.717) is 24.9 Å². The first-order valence-corrected chi connectivity index (χ1v) is 29.6. The molecule has 0 aromatic heterocycles. The molecule has 19 heteroatoms. The number of carbonyl (C=O) groups excluding carboxylic acids is 5. The number of anilines is 1. The monoisotopic (exact) mass is 1100 g/mol. The smallest absolute Gasteiger partial charge is 0.328 e. The Morgan fingerprint density at radius 3 is 1.47 bits per heavy atom. The highest BCUT2D eigenvalue weighted by Gasteiger charge is 2.50. The molecule has 0 aliphatic carbocycles. The van der Waals surface area contributed by atoms with Crippen LogP contribution in [-0.4, -0.2) is 117 Å². The topological polar surface area (TPSA) is 290 Å². The van der Waals surface area contributed by atoms with E-state index >= 15 is 0 Å². The van der Waals surface area contributed by atoms with Crippen molar-refractivity contribution in [2.24, 2.45) is 0 Å². The Bertz CT molecular complexity index is 1870. The van der Waals surface area contributed by atoms with Crippen molar-refractivity contribution in [1.29, 1.82) is 0 Å². The molecule has 19 nitrogen and oxygen atoms in total. The van der Waals surface area contributed by atoms with Crippen molar-refractivity contribution in [1.82, 2.24) is 10.6 Å². The van der Waals surface area contributed by atoms with Gasteiger partial charge in [-0.3, -0.25) is 33.6 Å². The summed E-state index contributed by atoms with van der Waals surface area (Å²) in [5.41, 5.74) is 0.528. The van der Waals surface area contributed by atoms with Crippen LogP contribution in [0.2, 0.25) is 0 Å². The number of esters is 2. The average molecular weight is 1100 g/mol. The lowest BCUT2D eigenvalue weighted by molar-refractivity contribution is -0.286. The third kappa shape index (κ3) is 32.1. The maximum absolute atomic E-state index is 13.8. The average Bonchev–Trinajstić information content (AvgIpc) is 3.39. The van der Waals surface area contributed by atoms with Crippen LogP contribution < -0.4 is 16.0 Å². The molecule has 1 saturated heterocycles. The van der Waals surface area contributed by atoms with E-state index in [1.807, 2.05) is 0 Å². The summed E-state index contributed by atoms with van der Waals surface area (Å²) in [6.07, 6.45) is 17.3. The second kappa shape index (κ2) is 42.8. The fourth-order valence-corrected chi connectivity index (χ4v) is 9.40. The van der Waals surface area contributed by atoms with Crippen LogP contribution in [0.4, 0.5) is 5.69 Å². The van der Waals surface area contributed by atoms with Crippen molar-refractivity contribution in [3.05, 3.63) is 29.8 Å². The zero-order valence-electron chi connectivity index (χ0n) is 47.3. The number of hydrogen-bond acceptors (Lipinski definition) is 13. The van der Waals surface area contributed by atoms with Crippen LogP contribution in [0, 0.1) is 0 Å². The zero-order valence-corrected chi connectivity index (χ0v) is 47.3. The van der Waals surface area contributed by atoms with Crippen LogP contribution >= 0.6 is 0 Å². The highest BCUT2D eigenvalue weighted by molar-refractivity contribution is 5.98. The first kappa shape index (κ1) is 69.0. The minimum absolute atomic E-state index is 0.0356. The molecule has 1 aliphatic heterocycles. The van der Waals surface area contributed by atoms with E-state index in [4.69, 9.17) is 18.9 Å². The van der Waals surface area contributed by atoms with Gasteiger partial charge < -0.3 is 55.3 Å². The summed E-state index contributed by atoms with van der Waals surface area (Å²) in [7, 11) is 0. The lowest BCUT2D eigenvalue weighted by Gasteiger charge is -2.44. The number of nitrogens with one attached hydrogen (secondary N) is 3. The Labute approximate surface area is 463 Å². The molecular formula is C59H97N3O16. The first-order valence-electron chi connectivity index (χ1n) is 29.6. The van der Waals surface area contributed by atoms with E-state index in [2.05, 4.69) is 36.7 Å². The number of carbonyl (C=O) groups is 8. The molecule has 1 heterocycles. The Morgan fingerprint density at radius 2 is 1.01 bits per heavy atom. The number of carboxylic acid groups (broad SMARTS) is 3. The number of rotatable bonds is 47. The van der Waals surface area contributed by atoms with Gasteiger partial charge in [-0.25, -0.2) is 4.79 Å². The lowest BCUT2D eigenvalue weighted by Crippen LogP contribution is -2.66. The standard InChI is InChI=1S/C59H97N3O16/c1-4-7-10-13-15-17-19-21-23-26-29-32-49(64)62-54-56(78-53(71)33-30-27-24-22-20-18-16-14-11-8-5-2)55(72)47(77-59(54)76-45(40-51(67)68)41-52(69)70)42-75-58(74)46(38-39-50(65)66)61-57(73)43-34-36-44(37-35-43)60-48(63)31-28-25-12-9-6-3/h34-37,45-47,54-56,59,72H,4-33,38-42H2,1-3H3,(H,60,63)(H,61,73)(H,62,64)(H,65,66)(H,67,68)(H,69,70)/t46-,47-,54-,55-,56-,59+/m1/s1. The summed E-state index contributed by atoms with van der Waals surface area (Å²) >= 11 is 0. The Balaban J connectivity index is 2.31. The molecule has 78 heavy (non-hydrogen) atoms. The van der Waals surface area contributed by atoms with Crippen LogP contribution in [0.1, 0.15) is 249 Å². The third-order valence-electron chi connectivity index (χ3n) is 14.0. The second-order valence-electron chi connectivity index (χ2n) is 21.0. The van der Waals surface area contributed by atoms with E-state index in [-0.39, 0.29) is 24.3 Å². The zero-order chi connectivity index (χ0) is 57.3. The predicted molar refractivity (Wildman–Crippen MR) is 296 cm³/mol. The van der Waals surface area contributed by atoms with Gasteiger partial charge >= 0.3 is 29.8 Å². The van der Waals surface area contributed by atoms with Crippen LogP contribution in [-0.2, 0) is 52.5 Å². The van der Waals surface area contributed by atoms with Crippen molar-refractivity contribution >= 4 is 53.3 Å². The number of ether oxygens (including phenoxy) is 4. The first-order chi connectivity index (χ1) is 37.6. The highest BCUT2D eigenvalue weighted by Crippen LogP contribution is 2.29. The van der Waals surface area contributed by atoms with Gasteiger partial charge in [0.2, 0.25) is 11.8 Å². The Hall–Kier alpha value is -5.14. The van der Waals surface area contributed by atoms with Crippen LogP contribution in [0.5, 0.6) is 0 Å². The molecule has 1 fully saturated rings. The van der Waals surface area contributed by atoms with E-state index < -0.39 is 117 Å². The number of unbranched alkanes of at least 4 members (excludes halogenated alkanes) is 24. The molecule has 3 amide bonds. The molecule has 2 rings (SSSR count). The molecule has 7 N–H and O–H groups in total. The van der Waals surface area contributed by atoms with Gasteiger partial charge in [-0.05, 0) is 49.9 Å². The molecule has 0 bridgehead atoms. The van der Waals surface area contributed by atoms with Gasteiger partial charge in [0.05, 0.1) is 18.9 Å². The number of amides is 3.